The van der Waals surface area contributed by atoms with E-state index in [1.807, 2.05) is 0 Å². The SMILES string of the molecule is O=C(Nc1cccc(F)c1)Nc1nn(Cc2ccccc2F)cc1Br. The van der Waals surface area contributed by atoms with Gasteiger partial charge in [0.05, 0.1) is 11.0 Å². The van der Waals surface area contributed by atoms with Crippen molar-refractivity contribution in [3.8, 4) is 0 Å². The van der Waals surface area contributed by atoms with Crippen LogP contribution in [-0.2, 0) is 6.54 Å². The lowest BCUT2D eigenvalue weighted by molar-refractivity contribution is 0.262. The van der Waals surface area contributed by atoms with Gasteiger partial charge < -0.3 is 5.32 Å². The molecule has 0 saturated carbocycles. The third-order valence-electron chi connectivity index (χ3n) is 3.32. The molecule has 1 heterocycles. The van der Waals surface area contributed by atoms with Crippen LogP contribution in [0.5, 0.6) is 0 Å². The van der Waals surface area contributed by atoms with Gasteiger partial charge in [0.2, 0.25) is 0 Å². The van der Waals surface area contributed by atoms with Gasteiger partial charge in [-0.3, -0.25) is 10.00 Å². The summed E-state index contributed by atoms with van der Waals surface area (Å²) >= 11 is 3.29. The molecule has 0 bridgehead atoms. The first-order chi connectivity index (χ1) is 12.0. The molecule has 3 rings (SSSR count). The van der Waals surface area contributed by atoms with Gasteiger partial charge >= 0.3 is 6.03 Å². The van der Waals surface area contributed by atoms with Crippen LogP contribution in [0.25, 0.3) is 0 Å². The van der Waals surface area contributed by atoms with Crippen LogP contribution in [0.2, 0.25) is 0 Å². The topological polar surface area (TPSA) is 59.0 Å². The molecule has 0 radical (unpaired) electrons. The van der Waals surface area contributed by atoms with E-state index in [4.69, 9.17) is 0 Å². The zero-order valence-corrected chi connectivity index (χ0v) is 14.4. The number of nitrogens with one attached hydrogen (secondary N) is 2. The molecule has 25 heavy (non-hydrogen) atoms. The molecule has 3 aromatic rings. The molecule has 2 N–H and O–H groups in total. The fourth-order valence-electron chi connectivity index (χ4n) is 2.20. The lowest BCUT2D eigenvalue weighted by atomic mass is 10.2. The minimum absolute atomic E-state index is 0.221. The summed E-state index contributed by atoms with van der Waals surface area (Å²) in [5, 5.41) is 9.26. The van der Waals surface area contributed by atoms with E-state index in [9.17, 15) is 13.6 Å². The number of carbonyl (C=O) groups excluding carboxylic acids is 1. The fourth-order valence-corrected chi connectivity index (χ4v) is 2.61. The second-order valence-electron chi connectivity index (χ2n) is 5.20. The van der Waals surface area contributed by atoms with Gasteiger partial charge in [0.25, 0.3) is 0 Å². The number of hydrogen-bond donors (Lipinski definition) is 2. The molecule has 0 spiro atoms. The van der Waals surface area contributed by atoms with Gasteiger partial charge in [-0.2, -0.15) is 5.10 Å². The van der Waals surface area contributed by atoms with Crippen LogP contribution in [0.15, 0.2) is 59.2 Å². The summed E-state index contributed by atoms with van der Waals surface area (Å²) in [5.74, 6) is -0.508. The summed E-state index contributed by atoms with van der Waals surface area (Å²) in [6.45, 7) is 0.221. The number of urea groups is 1. The highest BCUT2D eigenvalue weighted by molar-refractivity contribution is 9.10. The predicted molar refractivity (Wildman–Crippen MR) is 94.5 cm³/mol. The normalized spacial score (nSPS) is 10.5. The number of benzene rings is 2. The van der Waals surface area contributed by atoms with Crippen LogP contribution in [0.4, 0.5) is 25.1 Å². The zero-order chi connectivity index (χ0) is 17.8. The summed E-state index contributed by atoms with van der Waals surface area (Å²) < 4.78 is 28.9. The maximum atomic E-state index is 13.7. The molecule has 0 fully saturated rings. The number of hydrogen-bond acceptors (Lipinski definition) is 2. The van der Waals surface area contributed by atoms with Crippen molar-refractivity contribution in [3.63, 3.8) is 0 Å². The summed E-state index contributed by atoms with van der Waals surface area (Å²) in [6, 6.07) is 11.4. The van der Waals surface area contributed by atoms with E-state index in [1.165, 1.54) is 28.9 Å². The van der Waals surface area contributed by atoms with Gasteiger partial charge in [-0.15, -0.1) is 0 Å². The lowest BCUT2D eigenvalue weighted by Gasteiger charge is -2.06. The van der Waals surface area contributed by atoms with Gasteiger partial charge in [-0.1, -0.05) is 24.3 Å². The number of nitrogens with zero attached hydrogens (tertiary/aromatic N) is 2. The Morgan fingerprint density at radius 3 is 2.68 bits per heavy atom. The molecule has 5 nitrogen and oxygen atoms in total. The Kier molecular flexibility index (Phi) is 5.08. The second kappa shape index (κ2) is 7.43. The number of aromatic nitrogens is 2. The Hall–Kier alpha value is -2.74. The van der Waals surface area contributed by atoms with E-state index < -0.39 is 11.8 Å². The first kappa shape index (κ1) is 17.1. The number of carbonyl (C=O) groups is 1. The number of anilines is 2. The number of rotatable bonds is 4. The third kappa shape index (κ3) is 4.42. The Balaban J connectivity index is 1.68. The highest BCUT2D eigenvalue weighted by Gasteiger charge is 2.12. The largest absolute Gasteiger partial charge is 0.324 e. The first-order valence-electron chi connectivity index (χ1n) is 7.31. The van der Waals surface area contributed by atoms with Crippen LogP contribution in [-0.4, -0.2) is 15.8 Å². The van der Waals surface area contributed by atoms with Gasteiger partial charge in [0, 0.05) is 17.4 Å². The minimum atomic E-state index is -0.567. The summed E-state index contributed by atoms with van der Waals surface area (Å²) in [7, 11) is 0. The zero-order valence-electron chi connectivity index (χ0n) is 12.8. The van der Waals surface area contributed by atoms with E-state index in [-0.39, 0.29) is 18.2 Å². The lowest BCUT2D eigenvalue weighted by Crippen LogP contribution is -2.20. The van der Waals surface area contributed by atoms with Crippen molar-refractivity contribution in [3.05, 3.63) is 76.4 Å². The van der Waals surface area contributed by atoms with Crippen LogP contribution < -0.4 is 10.6 Å². The molecule has 0 aliphatic rings. The van der Waals surface area contributed by atoms with Gasteiger partial charge in [0.1, 0.15) is 11.6 Å². The van der Waals surface area contributed by atoms with Gasteiger partial charge in [-0.25, -0.2) is 13.6 Å². The van der Waals surface area contributed by atoms with Gasteiger partial charge in [-0.05, 0) is 40.2 Å². The first-order valence-corrected chi connectivity index (χ1v) is 8.10. The summed E-state index contributed by atoms with van der Waals surface area (Å²) in [5.41, 5.74) is 0.799. The number of amides is 2. The molecule has 0 aliphatic heterocycles. The van der Waals surface area contributed by atoms with Crippen molar-refractivity contribution in [1.82, 2.24) is 9.78 Å². The third-order valence-corrected chi connectivity index (χ3v) is 3.90. The minimum Gasteiger partial charge on any atom is -0.308 e. The Bertz CT molecular complexity index is 913. The standard InChI is InChI=1S/C17H13BrF2N4O/c18-14-10-24(9-11-4-1-2-7-15(11)20)23-16(14)22-17(25)21-13-6-3-5-12(19)8-13/h1-8,10H,9H2,(H2,21,22,23,25). The van der Waals surface area contributed by atoms with Crippen LogP contribution in [0, 0.1) is 11.6 Å². The Morgan fingerprint density at radius 1 is 1.12 bits per heavy atom. The van der Waals surface area contributed by atoms with Crippen molar-refractivity contribution >= 4 is 33.5 Å². The average Bonchev–Trinajstić information content (AvgIpc) is 2.89. The molecule has 0 saturated heterocycles. The highest BCUT2D eigenvalue weighted by Crippen LogP contribution is 2.21. The molecule has 8 heteroatoms. The molecule has 128 valence electrons. The van der Waals surface area contributed by atoms with Crippen LogP contribution >= 0.6 is 15.9 Å². The van der Waals surface area contributed by atoms with Crippen molar-refractivity contribution in [2.24, 2.45) is 0 Å². The van der Waals surface area contributed by atoms with E-state index in [0.29, 0.717) is 15.7 Å². The predicted octanol–water partition coefficient (Wildman–Crippen LogP) is 4.62. The van der Waals surface area contributed by atoms with Crippen molar-refractivity contribution < 1.29 is 13.6 Å². The molecule has 1 aromatic heterocycles. The highest BCUT2D eigenvalue weighted by atomic mass is 79.9. The monoisotopic (exact) mass is 406 g/mol. The van der Waals surface area contributed by atoms with Crippen LogP contribution in [0.3, 0.4) is 0 Å². The summed E-state index contributed by atoms with van der Waals surface area (Å²) in [4.78, 5) is 12.0. The number of halogens is 3. The van der Waals surface area contributed by atoms with E-state index in [0.717, 1.165) is 0 Å². The molecular weight excluding hydrogens is 394 g/mol. The van der Waals surface area contributed by atoms with E-state index >= 15 is 0 Å². The Morgan fingerprint density at radius 2 is 1.92 bits per heavy atom. The van der Waals surface area contributed by atoms with E-state index in [1.54, 1.807) is 30.5 Å². The van der Waals surface area contributed by atoms with Crippen molar-refractivity contribution in [2.45, 2.75) is 6.54 Å². The average molecular weight is 407 g/mol. The van der Waals surface area contributed by atoms with Crippen molar-refractivity contribution in [2.75, 3.05) is 10.6 Å². The molecule has 0 atom stereocenters. The van der Waals surface area contributed by atoms with Gasteiger partial charge in [0.15, 0.2) is 5.82 Å². The van der Waals surface area contributed by atoms with E-state index in [2.05, 4.69) is 31.7 Å². The quantitative estimate of drug-likeness (QED) is 0.664. The molecule has 0 aliphatic carbocycles. The molecule has 0 unspecified atom stereocenters. The maximum Gasteiger partial charge on any atom is 0.324 e. The smallest absolute Gasteiger partial charge is 0.308 e. The second-order valence-corrected chi connectivity index (χ2v) is 6.06. The molecule has 2 aromatic carbocycles. The molecule has 2 amide bonds. The maximum absolute atomic E-state index is 13.7. The van der Waals surface area contributed by atoms with Crippen LogP contribution in [0.1, 0.15) is 5.56 Å². The Labute approximate surface area is 150 Å². The summed E-state index contributed by atoms with van der Waals surface area (Å²) in [6.07, 6.45) is 1.63. The fraction of sp³-hybridized carbons (Fsp3) is 0.0588. The van der Waals surface area contributed by atoms with Crippen molar-refractivity contribution in [1.29, 1.82) is 0 Å². The molecular formula is C17H13BrF2N4O.